The molecule has 0 saturated heterocycles. The first-order chi connectivity index (χ1) is 6.65. The van der Waals surface area contributed by atoms with Crippen LogP contribution in [-0.4, -0.2) is 5.33 Å². The van der Waals surface area contributed by atoms with Crippen LogP contribution in [0.3, 0.4) is 0 Å². The average Bonchev–Trinajstić information content (AvgIpc) is 2.15. The minimum absolute atomic E-state index is 0.0394. The highest BCUT2D eigenvalue weighted by atomic mass is 79.9. The van der Waals surface area contributed by atoms with E-state index in [0.29, 0.717) is 4.90 Å². The number of alkyl halides is 3. The molecule has 0 N–H and O–H groups in total. The van der Waals surface area contributed by atoms with Gasteiger partial charge >= 0.3 is 0 Å². The van der Waals surface area contributed by atoms with Crippen LogP contribution in [0.1, 0.15) is 24.0 Å². The van der Waals surface area contributed by atoms with Crippen LogP contribution in [0.5, 0.6) is 0 Å². The van der Waals surface area contributed by atoms with E-state index >= 15 is 0 Å². The van der Waals surface area contributed by atoms with Gasteiger partial charge in [-0.2, -0.15) is 0 Å². The molecule has 0 bridgehead atoms. The minimum Gasteiger partial charge on any atom is -0.205 e. The van der Waals surface area contributed by atoms with Gasteiger partial charge in [0.25, 0.3) is 6.43 Å². The maximum Gasteiger partial charge on any atom is 0.263 e. The smallest absolute Gasteiger partial charge is 0.205 e. The highest BCUT2D eigenvalue weighted by Gasteiger charge is 2.08. The van der Waals surface area contributed by atoms with Crippen LogP contribution in [-0.2, 0) is 6.42 Å². The largest absolute Gasteiger partial charge is 0.263 e. The lowest BCUT2D eigenvalue weighted by Gasteiger charge is -2.06. The van der Waals surface area contributed by atoms with E-state index in [1.54, 1.807) is 6.07 Å². The normalized spacial score (nSPS) is 10.9. The van der Waals surface area contributed by atoms with Gasteiger partial charge in [-0.25, -0.2) is 8.78 Å². The first-order valence-corrected chi connectivity index (χ1v) is 5.88. The third kappa shape index (κ3) is 3.24. The van der Waals surface area contributed by atoms with Crippen molar-refractivity contribution in [2.24, 2.45) is 0 Å². The van der Waals surface area contributed by atoms with Crippen molar-refractivity contribution in [3.63, 3.8) is 0 Å². The molecule has 0 amide bonds. The second kappa shape index (κ2) is 5.71. The molecule has 0 unspecified atom stereocenters. The number of rotatable bonds is 4. The van der Waals surface area contributed by atoms with E-state index < -0.39 is 6.43 Å². The van der Waals surface area contributed by atoms with Gasteiger partial charge in [-0.15, -0.1) is 12.6 Å². The molecule has 4 heteroatoms. The Morgan fingerprint density at radius 1 is 1.36 bits per heavy atom. The molecule has 0 saturated carbocycles. The number of hydrogen-bond donors (Lipinski definition) is 1. The number of aryl methyl sites for hydroxylation is 1. The molecule has 1 aromatic rings. The summed E-state index contributed by atoms with van der Waals surface area (Å²) in [5, 5.41) is 0.914. The van der Waals surface area contributed by atoms with E-state index in [2.05, 4.69) is 28.6 Å². The summed E-state index contributed by atoms with van der Waals surface area (Å²) >= 11 is 7.51. The number of benzene rings is 1. The SMILES string of the molecule is FC(F)c1ccc(CCCBr)c(S)c1. The fourth-order valence-electron chi connectivity index (χ4n) is 1.19. The van der Waals surface area contributed by atoms with E-state index in [1.807, 2.05) is 0 Å². The zero-order valence-corrected chi connectivity index (χ0v) is 9.99. The van der Waals surface area contributed by atoms with Crippen molar-refractivity contribution >= 4 is 28.6 Å². The van der Waals surface area contributed by atoms with Gasteiger partial charge in [-0.3, -0.25) is 0 Å². The van der Waals surface area contributed by atoms with Crippen LogP contribution in [0.25, 0.3) is 0 Å². The lowest BCUT2D eigenvalue weighted by molar-refractivity contribution is 0.151. The molecular formula is C10H11BrF2S. The second-order valence-corrected chi connectivity index (χ2v) is 4.26. The molecule has 0 heterocycles. The Labute approximate surface area is 96.2 Å². The Balaban J connectivity index is 2.79. The first-order valence-electron chi connectivity index (χ1n) is 4.31. The van der Waals surface area contributed by atoms with Gasteiger partial charge in [0.15, 0.2) is 0 Å². The topological polar surface area (TPSA) is 0 Å². The number of thiol groups is 1. The highest BCUT2D eigenvalue weighted by molar-refractivity contribution is 9.09. The molecule has 0 fully saturated rings. The van der Waals surface area contributed by atoms with E-state index in [9.17, 15) is 8.78 Å². The van der Waals surface area contributed by atoms with Gasteiger partial charge < -0.3 is 0 Å². The van der Waals surface area contributed by atoms with Gasteiger partial charge in [-0.05, 0) is 24.5 Å². The quantitative estimate of drug-likeness (QED) is 0.619. The summed E-state index contributed by atoms with van der Waals surface area (Å²) in [5.41, 5.74) is 1.06. The van der Waals surface area contributed by atoms with Crippen molar-refractivity contribution in [3.05, 3.63) is 29.3 Å². The van der Waals surface area contributed by atoms with Crippen LogP contribution < -0.4 is 0 Å². The third-order valence-electron chi connectivity index (χ3n) is 1.94. The van der Waals surface area contributed by atoms with Gasteiger partial charge in [0, 0.05) is 15.8 Å². The molecule has 0 aliphatic rings. The first kappa shape index (κ1) is 12.0. The lowest BCUT2D eigenvalue weighted by atomic mass is 10.1. The Morgan fingerprint density at radius 2 is 2.07 bits per heavy atom. The summed E-state index contributed by atoms with van der Waals surface area (Å²) in [6.07, 6.45) is -0.555. The molecule has 0 radical (unpaired) electrons. The summed E-state index contributed by atoms with van der Waals surface area (Å²) in [6.45, 7) is 0. The predicted octanol–water partition coefficient (Wildman–Crippen LogP) is 4.24. The van der Waals surface area contributed by atoms with Gasteiger partial charge in [0.2, 0.25) is 0 Å². The Hall–Kier alpha value is -0.0900. The molecule has 14 heavy (non-hydrogen) atoms. The summed E-state index contributed by atoms with van der Waals surface area (Å²) in [5.74, 6) is 0. The van der Waals surface area contributed by atoms with Gasteiger partial charge in [-0.1, -0.05) is 28.1 Å². The summed E-state index contributed by atoms with van der Waals surface area (Å²) < 4.78 is 24.6. The van der Waals surface area contributed by atoms with Crippen LogP contribution >= 0.6 is 28.6 Å². The Kier molecular flexibility index (Phi) is 4.89. The maximum absolute atomic E-state index is 12.3. The van der Waals surface area contributed by atoms with E-state index in [0.717, 1.165) is 23.7 Å². The lowest BCUT2D eigenvalue weighted by Crippen LogP contribution is -1.91. The molecule has 1 aromatic carbocycles. The van der Waals surface area contributed by atoms with E-state index in [1.165, 1.54) is 12.1 Å². The van der Waals surface area contributed by atoms with Crippen LogP contribution in [0.4, 0.5) is 8.78 Å². The zero-order valence-electron chi connectivity index (χ0n) is 7.51. The van der Waals surface area contributed by atoms with E-state index in [4.69, 9.17) is 0 Å². The standard InChI is InChI=1S/C10H11BrF2S/c11-5-1-2-7-3-4-8(10(12)13)6-9(7)14/h3-4,6,10,14H,1-2,5H2. The third-order valence-corrected chi connectivity index (χ3v) is 2.92. The van der Waals surface area contributed by atoms with E-state index in [-0.39, 0.29) is 5.56 Å². The van der Waals surface area contributed by atoms with Crippen molar-refractivity contribution in [2.45, 2.75) is 24.2 Å². The van der Waals surface area contributed by atoms with Crippen molar-refractivity contribution in [1.29, 1.82) is 0 Å². The highest BCUT2D eigenvalue weighted by Crippen LogP contribution is 2.24. The molecule has 0 nitrogen and oxygen atoms in total. The molecule has 0 aliphatic heterocycles. The average molecular weight is 281 g/mol. The summed E-state index contributed by atoms with van der Waals surface area (Å²) in [4.78, 5) is 0.656. The van der Waals surface area contributed by atoms with Crippen LogP contribution in [0.15, 0.2) is 23.1 Å². The van der Waals surface area contributed by atoms with Crippen molar-refractivity contribution in [2.75, 3.05) is 5.33 Å². The molecule has 0 atom stereocenters. The zero-order chi connectivity index (χ0) is 10.6. The second-order valence-electron chi connectivity index (χ2n) is 2.98. The van der Waals surface area contributed by atoms with Crippen LogP contribution in [0, 0.1) is 0 Å². The van der Waals surface area contributed by atoms with Crippen molar-refractivity contribution in [1.82, 2.24) is 0 Å². The van der Waals surface area contributed by atoms with Crippen molar-refractivity contribution in [3.8, 4) is 0 Å². The predicted molar refractivity (Wildman–Crippen MR) is 60.8 cm³/mol. The Bertz CT molecular complexity index is 302. The van der Waals surface area contributed by atoms with Gasteiger partial charge in [0.05, 0.1) is 0 Å². The maximum atomic E-state index is 12.3. The molecule has 78 valence electrons. The fraction of sp³-hybridized carbons (Fsp3) is 0.400. The molecule has 0 spiro atoms. The van der Waals surface area contributed by atoms with Crippen molar-refractivity contribution < 1.29 is 8.78 Å². The fourth-order valence-corrected chi connectivity index (χ4v) is 1.80. The summed E-state index contributed by atoms with van der Waals surface area (Å²) in [6, 6.07) is 4.64. The number of hydrogen-bond acceptors (Lipinski definition) is 1. The molecule has 0 aromatic heterocycles. The molecular weight excluding hydrogens is 270 g/mol. The summed E-state index contributed by atoms with van der Waals surface area (Å²) in [7, 11) is 0. The molecule has 1 rings (SSSR count). The number of halogens is 3. The monoisotopic (exact) mass is 280 g/mol. The Morgan fingerprint density at radius 3 is 2.57 bits per heavy atom. The van der Waals surface area contributed by atoms with Crippen LogP contribution in [0.2, 0.25) is 0 Å². The van der Waals surface area contributed by atoms with Gasteiger partial charge in [0.1, 0.15) is 0 Å². The minimum atomic E-state index is -2.41. The molecule has 0 aliphatic carbocycles.